The number of nitrogens with one attached hydrogen (secondary N) is 3. The zero-order valence-corrected chi connectivity index (χ0v) is 14.4. The van der Waals surface area contributed by atoms with Crippen LogP contribution >= 0.6 is 0 Å². The van der Waals surface area contributed by atoms with Crippen molar-refractivity contribution in [2.75, 3.05) is 13.1 Å². The van der Waals surface area contributed by atoms with Crippen LogP contribution in [0.15, 0.2) is 24.3 Å². The second-order valence-electron chi connectivity index (χ2n) is 7.38. The molecule has 2 heterocycles. The molecule has 8 heteroatoms. The molecule has 26 heavy (non-hydrogen) atoms. The van der Waals surface area contributed by atoms with E-state index in [1.54, 1.807) is 11.0 Å². The summed E-state index contributed by atoms with van der Waals surface area (Å²) in [4.78, 5) is 14.8. The Balaban J connectivity index is 1.55. The number of rotatable bonds is 4. The van der Waals surface area contributed by atoms with Gasteiger partial charge in [0.1, 0.15) is 6.04 Å². The highest BCUT2D eigenvalue weighted by Crippen LogP contribution is 2.35. The fourth-order valence-corrected chi connectivity index (χ4v) is 4.03. The average molecular weight is 368 g/mol. The average Bonchev–Trinajstić information content (AvgIpc) is 3.37. The lowest BCUT2D eigenvalue weighted by atomic mass is 9.88. The topological polar surface area (TPSA) is 56.4 Å². The first kappa shape index (κ1) is 17.8. The fourth-order valence-electron chi connectivity index (χ4n) is 4.03. The summed E-state index contributed by atoms with van der Waals surface area (Å²) in [5.41, 5.74) is 5.77. The Morgan fingerprint density at radius 3 is 2.65 bits per heavy atom. The van der Waals surface area contributed by atoms with Crippen LogP contribution in [0.5, 0.6) is 0 Å². The Labute approximate surface area is 150 Å². The van der Waals surface area contributed by atoms with Crippen LogP contribution in [0.4, 0.5) is 13.2 Å². The van der Waals surface area contributed by atoms with E-state index in [4.69, 9.17) is 0 Å². The highest BCUT2D eigenvalue weighted by molar-refractivity contribution is 5.83. The van der Waals surface area contributed by atoms with Crippen molar-refractivity contribution in [2.45, 2.75) is 50.1 Å². The smallest absolute Gasteiger partial charge is 0.334 e. The maximum Gasteiger partial charge on any atom is 0.416 e. The van der Waals surface area contributed by atoms with Gasteiger partial charge in [-0.05, 0) is 37.4 Å². The van der Waals surface area contributed by atoms with Crippen molar-refractivity contribution in [3.05, 3.63) is 35.4 Å². The number of hydrogen-bond donors (Lipinski definition) is 3. The van der Waals surface area contributed by atoms with E-state index in [1.165, 1.54) is 12.1 Å². The summed E-state index contributed by atoms with van der Waals surface area (Å²) in [6, 6.07) is 5.41. The monoisotopic (exact) mass is 368 g/mol. The predicted octanol–water partition coefficient (Wildman–Crippen LogP) is 1.65. The number of nitrogens with zero attached hydrogens (tertiary/aromatic N) is 1. The molecular weight excluding hydrogens is 345 g/mol. The first-order valence-corrected chi connectivity index (χ1v) is 9.12. The van der Waals surface area contributed by atoms with Gasteiger partial charge in [0.2, 0.25) is 5.91 Å². The quantitative estimate of drug-likeness (QED) is 0.757. The van der Waals surface area contributed by atoms with Gasteiger partial charge in [0.15, 0.2) is 0 Å². The largest absolute Gasteiger partial charge is 0.416 e. The normalized spacial score (nSPS) is 28.7. The summed E-state index contributed by atoms with van der Waals surface area (Å²) < 4.78 is 39.9. The van der Waals surface area contributed by atoms with Crippen LogP contribution in [0.25, 0.3) is 0 Å². The Bertz CT molecular complexity index is 677. The molecule has 0 aromatic heterocycles. The van der Waals surface area contributed by atoms with E-state index in [0.717, 1.165) is 38.4 Å². The third-order valence-corrected chi connectivity index (χ3v) is 5.58. The van der Waals surface area contributed by atoms with Crippen molar-refractivity contribution < 1.29 is 18.0 Å². The molecule has 0 bridgehead atoms. The maximum absolute atomic E-state index is 13.3. The van der Waals surface area contributed by atoms with Crippen LogP contribution in [0, 0.1) is 5.92 Å². The third-order valence-electron chi connectivity index (χ3n) is 5.58. The predicted molar refractivity (Wildman–Crippen MR) is 89.8 cm³/mol. The second kappa shape index (κ2) is 6.83. The van der Waals surface area contributed by atoms with Crippen molar-refractivity contribution in [1.82, 2.24) is 21.1 Å². The molecule has 142 valence electrons. The minimum Gasteiger partial charge on any atom is -0.334 e. The summed E-state index contributed by atoms with van der Waals surface area (Å²) in [6.07, 6.45) is -1.78. The third kappa shape index (κ3) is 3.45. The van der Waals surface area contributed by atoms with Crippen molar-refractivity contribution in [3.63, 3.8) is 0 Å². The molecule has 2 saturated heterocycles. The van der Waals surface area contributed by atoms with Crippen LogP contribution < -0.4 is 16.2 Å². The highest BCUT2D eigenvalue weighted by Gasteiger charge is 2.45. The summed E-state index contributed by atoms with van der Waals surface area (Å²) >= 11 is 0. The molecule has 1 aromatic rings. The van der Waals surface area contributed by atoms with E-state index >= 15 is 0 Å². The van der Waals surface area contributed by atoms with Gasteiger partial charge in [-0.3, -0.25) is 10.2 Å². The number of carbonyl (C=O) groups is 1. The first-order valence-electron chi connectivity index (χ1n) is 9.12. The van der Waals surface area contributed by atoms with E-state index in [9.17, 15) is 18.0 Å². The van der Waals surface area contributed by atoms with Crippen molar-refractivity contribution >= 4 is 5.91 Å². The molecule has 3 fully saturated rings. The SMILES string of the molecule is O=C(C1NNC2CCNCC21)N(Cc1ccccc1C(F)(F)F)C1CC1. The van der Waals surface area contributed by atoms with Crippen molar-refractivity contribution in [3.8, 4) is 0 Å². The van der Waals surface area contributed by atoms with Gasteiger partial charge in [0.05, 0.1) is 5.56 Å². The zero-order chi connectivity index (χ0) is 18.3. The zero-order valence-electron chi connectivity index (χ0n) is 14.4. The van der Waals surface area contributed by atoms with E-state index in [-0.39, 0.29) is 36.0 Å². The molecule has 2 aliphatic heterocycles. The molecule has 1 amide bonds. The number of alkyl halides is 3. The van der Waals surface area contributed by atoms with Crippen LogP contribution in [0.1, 0.15) is 30.4 Å². The first-order chi connectivity index (χ1) is 12.4. The molecule has 3 aliphatic rings. The van der Waals surface area contributed by atoms with Gasteiger partial charge in [-0.1, -0.05) is 18.2 Å². The number of hydrogen-bond acceptors (Lipinski definition) is 4. The Morgan fingerprint density at radius 1 is 1.15 bits per heavy atom. The van der Waals surface area contributed by atoms with Crippen LogP contribution in [-0.4, -0.2) is 42.0 Å². The molecular formula is C18H23F3N4O. The number of benzene rings is 1. The second-order valence-corrected chi connectivity index (χ2v) is 7.38. The van der Waals surface area contributed by atoms with Gasteiger partial charge in [0, 0.05) is 31.1 Å². The van der Waals surface area contributed by atoms with E-state index in [0.29, 0.717) is 0 Å². The van der Waals surface area contributed by atoms with Gasteiger partial charge in [-0.2, -0.15) is 13.2 Å². The maximum atomic E-state index is 13.3. The van der Waals surface area contributed by atoms with E-state index in [2.05, 4.69) is 16.2 Å². The molecule has 0 spiro atoms. The Hall–Kier alpha value is -1.64. The van der Waals surface area contributed by atoms with E-state index < -0.39 is 17.8 Å². The number of hydrazine groups is 1. The standard InChI is InChI=1S/C18H23F3N4O/c19-18(20,21)14-4-2-1-3-11(14)10-25(12-5-6-12)17(26)16-13-9-22-8-7-15(13)23-24-16/h1-4,12-13,15-16,22-24H,5-10H2. The molecule has 4 rings (SSSR count). The molecule has 0 radical (unpaired) electrons. The summed E-state index contributed by atoms with van der Waals surface area (Å²) in [6.45, 7) is 1.64. The van der Waals surface area contributed by atoms with Crippen molar-refractivity contribution in [1.29, 1.82) is 0 Å². The minimum absolute atomic E-state index is 0.00216. The molecule has 3 N–H and O–H groups in total. The van der Waals surface area contributed by atoms with Crippen LogP contribution in [-0.2, 0) is 17.5 Å². The molecule has 1 saturated carbocycles. The lowest BCUT2D eigenvalue weighted by Gasteiger charge is -2.31. The van der Waals surface area contributed by atoms with E-state index in [1.807, 2.05) is 0 Å². The Morgan fingerprint density at radius 2 is 1.92 bits per heavy atom. The summed E-state index contributed by atoms with van der Waals surface area (Å²) in [7, 11) is 0. The highest BCUT2D eigenvalue weighted by atomic mass is 19.4. The summed E-state index contributed by atoms with van der Waals surface area (Å²) in [5.74, 6) is 0.0172. The van der Waals surface area contributed by atoms with Gasteiger partial charge >= 0.3 is 6.18 Å². The molecule has 1 aliphatic carbocycles. The number of carbonyl (C=O) groups excluding carboxylic acids is 1. The minimum atomic E-state index is -4.42. The molecule has 3 atom stereocenters. The summed E-state index contributed by atoms with van der Waals surface area (Å²) in [5, 5.41) is 3.30. The lowest BCUT2D eigenvalue weighted by Crippen LogP contribution is -2.51. The van der Waals surface area contributed by atoms with Crippen molar-refractivity contribution in [2.24, 2.45) is 5.92 Å². The van der Waals surface area contributed by atoms with Gasteiger partial charge in [-0.15, -0.1) is 0 Å². The Kier molecular flexibility index (Phi) is 4.66. The molecule has 5 nitrogen and oxygen atoms in total. The molecule has 1 aromatic carbocycles. The van der Waals surface area contributed by atoms with Crippen LogP contribution in [0.3, 0.4) is 0 Å². The number of halogens is 3. The fraction of sp³-hybridized carbons (Fsp3) is 0.611. The van der Waals surface area contributed by atoms with Gasteiger partial charge in [-0.25, -0.2) is 5.43 Å². The van der Waals surface area contributed by atoms with Gasteiger partial charge < -0.3 is 10.2 Å². The molecule has 3 unspecified atom stereocenters. The lowest BCUT2D eigenvalue weighted by molar-refractivity contribution is -0.141. The number of piperidine rings is 1. The number of fused-ring (bicyclic) bond motifs is 1. The number of amides is 1. The van der Waals surface area contributed by atoms with Gasteiger partial charge in [0.25, 0.3) is 0 Å². The van der Waals surface area contributed by atoms with Crippen LogP contribution in [0.2, 0.25) is 0 Å².